The van der Waals surface area contributed by atoms with E-state index in [0.29, 0.717) is 10.2 Å². The van der Waals surface area contributed by atoms with Crippen molar-refractivity contribution in [3.05, 3.63) is 48.8 Å². The van der Waals surface area contributed by atoms with E-state index in [-0.39, 0.29) is 10.6 Å². The highest BCUT2D eigenvalue weighted by Gasteiger charge is 2.19. The van der Waals surface area contributed by atoms with Gasteiger partial charge in [-0.3, -0.25) is 0 Å². The highest BCUT2D eigenvalue weighted by molar-refractivity contribution is 9.11. The standard InChI is InChI=1S/C12H8Br3FOS/c1-17-9-5-8(16)7(13)4-6(9)12(15)10-2-3-11(14)18-10/h2-5,12H,1H3. The van der Waals surface area contributed by atoms with Gasteiger partial charge in [0, 0.05) is 16.5 Å². The molecule has 0 radical (unpaired) electrons. The first kappa shape index (κ1) is 14.5. The number of alkyl halides is 1. The van der Waals surface area contributed by atoms with Crippen LogP contribution in [0.1, 0.15) is 15.3 Å². The van der Waals surface area contributed by atoms with Crippen molar-refractivity contribution in [3.8, 4) is 5.75 Å². The Morgan fingerprint density at radius 2 is 2.00 bits per heavy atom. The van der Waals surface area contributed by atoms with Crippen molar-refractivity contribution in [1.29, 1.82) is 0 Å². The first-order valence-corrected chi connectivity index (χ1v) is 8.27. The second-order valence-corrected chi connectivity index (χ2v) is 7.78. The van der Waals surface area contributed by atoms with Crippen molar-refractivity contribution < 1.29 is 9.13 Å². The van der Waals surface area contributed by atoms with Gasteiger partial charge in [-0.05, 0) is 50.1 Å². The Kier molecular flexibility index (Phi) is 4.86. The lowest BCUT2D eigenvalue weighted by Gasteiger charge is -2.14. The molecule has 0 bridgehead atoms. The minimum absolute atomic E-state index is 0.0272. The summed E-state index contributed by atoms with van der Waals surface area (Å²) in [6.45, 7) is 0. The van der Waals surface area contributed by atoms with Crippen LogP contribution in [0.25, 0.3) is 0 Å². The van der Waals surface area contributed by atoms with Crippen LogP contribution in [0.5, 0.6) is 5.75 Å². The van der Waals surface area contributed by atoms with Crippen LogP contribution in [0.3, 0.4) is 0 Å². The Morgan fingerprint density at radius 1 is 1.28 bits per heavy atom. The largest absolute Gasteiger partial charge is 0.496 e. The summed E-state index contributed by atoms with van der Waals surface area (Å²) >= 11 is 11.9. The van der Waals surface area contributed by atoms with Crippen LogP contribution in [-0.2, 0) is 0 Å². The average molecular weight is 459 g/mol. The van der Waals surface area contributed by atoms with Gasteiger partial charge in [0.25, 0.3) is 0 Å². The van der Waals surface area contributed by atoms with Gasteiger partial charge in [0.2, 0.25) is 0 Å². The number of hydrogen-bond acceptors (Lipinski definition) is 2. The molecule has 1 unspecified atom stereocenters. The molecule has 0 N–H and O–H groups in total. The number of benzene rings is 1. The van der Waals surface area contributed by atoms with Crippen LogP contribution < -0.4 is 4.74 Å². The van der Waals surface area contributed by atoms with E-state index in [1.54, 1.807) is 17.4 Å². The monoisotopic (exact) mass is 456 g/mol. The fourth-order valence-electron chi connectivity index (χ4n) is 1.54. The number of hydrogen-bond donors (Lipinski definition) is 0. The topological polar surface area (TPSA) is 9.23 Å². The average Bonchev–Trinajstić information content (AvgIpc) is 2.78. The SMILES string of the molecule is COc1cc(F)c(Br)cc1C(Br)c1ccc(Br)s1. The highest BCUT2D eigenvalue weighted by atomic mass is 79.9. The third-order valence-electron chi connectivity index (χ3n) is 2.39. The molecule has 6 heteroatoms. The molecule has 0 aliphatic heterocycles. The smallest absolute Gasteiger partial charge is 0.141 e. The first-order chi connectivity index (χ1) is 8.52. The zero-order valence-corrected chi connectivity index (χ0v) is 14.8. The Labute approximate surface area is 134 Å². The molecule has 1 nitrogen and oxygen atoms in total. The molecule has 0 saturated carbocycles. The summed E-state index contributed by atoms with van der Waals surface area (Å²) in [4.78, 5) is 1.10. The molecule has 96 valence electrons. The number of rotatable bonds is 3. The second kappa shape index (κ2) is 6.03. The van der Waals surface area contributed by atoms with E-state index >= 15 is 0 Å². The molecule has 1 aromatic heterocycles. The van der Waals surface area contributed by atoms with Crippen LogP contribution in [0.15, 0.2) is 32.5 Å². The fourth-order valence-corrected chi connectivity index (χ4v) is 4.11. The summed E-state index contributed by atoms with van der Waals surface area (Å²) in [5.41, 5.74) is 0.889. The van der Waals surface area contributed by atoms with Gasteiger partial charge in [0.1, 0.15) is 11.6 Å². The quantitative estimate of drug-likeness (QED) is 0.520. The lowest BCUT2D eigenvalue weighted by molar-refractivity contribution is 0.406. The van der Waals surface area contributed by atoms with Gasteiger partial charge in [0.05, 0.1) is 20.2 Å². The summed E-state index contributed by atoms with van der Waals surface area (Å²) < 4.78 is 20.2. The van der Waals surface area contributed by atoms with Crippen LogP contribution >= 0.6 is 59.1 Å². The number of ether oxygens (including phenoxy) is 1. The van der Waals surface area contributed by atoms with Gasteiger partial charge < -0.3 is 4.74 Å². The van der Waals surface area contributed by atoms with E-state index in [9.17, 15) is 4.39 Å². The maximum atomic E-state index is 13.5. The molecule has 0 fully saturated rings. The summed E-state index contributed by atoms with van der Waals surface area (Å²) in [7, 11) is 1.54. The van der Waals surface area contributed by atoms with Gasteiger partial charge in [-0.25, -0.2) is 4.39 Å². The maximum Gasteiger partial charge on any atom is 0.141 e. The van der Waals surface area contributed by atoms with Crippen molar-refractivity contribution in [2.75, 3.05) is 7.11 Å². The molecule has 1 aromatic carbocycles. The summed E-state index contributed by atoms with van der Waals surface area (Å²) in [5.74, 6) is 0.199. The first-order valence-electron chi connectivity index (χ1n) is 4.95. The molecule has 0 aliphatic carbocycles. The number of halogens is 4. The highest BCUT2D eigenvalue weighted by Crippen LogP contribution is 2.42. The van der Waals surface area contributed by atoms with Gasteiger partial charge in [-0.2, -0.15) is 0 Å². The van der Waals surface area contributed by atoms with Gasteiger partial charge >= 0.3 is 0 Å². The normalized spacial score (nSPS) is 12.5. The molecule has 0 amide bonds. The third kappa shape index (κ3) is 2.98. The van der Waals surface area contributed by atoms with Gasteiger partial charge in [0.15, 0.2) is 0 Å². The zero-order chi connectivity index (χ0) is 13.3. The Balaban J connectivity index is 2.46. The van der Waals surface area contributed by atoms with Crippen LogP contribution in [0.2, 0.25) is 0 Å². The van der Waals surface area contributed by atoms with E-state index in [1.807, 2.05) is 12.1 Å². The molecule has 1 heterocycles. The van der Waals surface area contributed by atoms with E-state index in [4.69, 9.17) is 4.74 Å². The summed E-state index contributed by atoms with van der Waals surface area (Å²) in [6.07, 6.45) is 0. The molecule has 2 aromatic rings. The van der Waals surface area contributed by atoms with Crippen molar-refractivity contribution >= 4 is 59.1 Å². The van der Waals surface area contributed by atoms with Crippen molar-refractivity contribution in [2.24, 2.45) is 0 Å². The summed E-state index contributed by atoms with van der Waals surface area (Å²) in [6, 6.07) is 7.13. The summed E-state index contributed by atoms with van der Waals surface area (Å²) in [5, 5.41) is 0. The van der Waals surface area contributed by atoms with Crippen LogP contribution in [-0.4, -0.2) is 7.11 Å². The van der Waals surface area contributed by atoms with E-state index in [1.165, 1.54) is 13.2 Å². The molecule has 0 spiro atoms. The molecule has 18 heavy (non-hydrogen) atoms. The molecular weight excluding hydrogens is 451 g/mol. The molecule has 0 aliphatic rings. The zero-order valence-electron chi connectivity index (χ0n) is 9.22. The van der Waals surface area contributed by atoms with E-state index in [0.717, 1.165) is 14.2 Å². The van der Waals surface area contributed by atoms with Crippen molar-refractivity contribution in [3.63, 3.8) is 0 Å². The predicted octanol–water partition coefficient (Wildman–Crippen LogP) is 5.91. The molecular formula is C12H8Br3FOS. The van der Waals surface area contributed by atoms with Crippen molar-refractivity contribution in [2.45, 2.75) is 4.83 Å². The van der Waals surface area contributed by atoms with Crippen molar-refractivity contribution in [1.82, 2.24) is 0 Å². The second-order valence-electron chi connectivity index (χ2n) is 3.51. The number of thiophene rings is 1. The van der Waals surface area contributed by atoms with Gasteiger partial charge in [-0.1, -0.05) is 15.9 Å². The molecule has 0 saturated heterocycles. The predicted molar refractivity (Wildman–Crippen MR) is 83.4 cm³/mol. The minimum atomic E-state index is -0.331. The third-order valence-corrected chi connectivity index (χ3v) is 5.98. The Morgan fingerprint density at radius 3 is 2.56 bits per heavy atom. The Bertz CT molecular complexity index is 570. The molecule has 2 rings (SSSR count). The minimum Gasteiger partial charge on any atom is -0.496 e. The van der Waals surface area contributed by atoms with E-state index in [2.05, 4.69) is 47.8 Å². The van der Waals surface area contributed by atoms with Crippen LogP contribution in [0.4, 0.5) is 4.39 Å². The Hall–Kier alpha value is 0.0900. The van der Waals surface area contributed by atoms with Crippen LogP contribution in [0, 0.1) is 5.82 Å². The fraction of sp³-hybridized carbons (Fsp3) is 0.167. The molecule has 1 atom stereocenters. The lowest BCUT2D eigenvalue weighted by Crippen LogP contribution is -1.97. The maximum absolute atomic E-state index is 13.5. The lowest BCUT2D eigenvalue weighted by atomic mass is 10.1. The van der Waals surface area contributed by atoms with E-state index < -0.39 is 0 Å². The van der Waals surface area contributed by atoms with Gasteiger partial charge in [-0.15, -0.1) is 11.3 Å². The number of methoxy groups -OCH3 is 1.